The lowest BCUT2D eigenvalue weighted by Gasteiger charge is -2.21. The molecule has 1 fully saturated rings. The van der Waals surface area contributed by atoms with Gasteiger partial charge in [0, 0.05) is 27.0 Å². The lowest BCUT2D eigenvalue weighted by Crippen LogP contribution is -2.47. The summed E-state index contributed by atoms with van der Waals surface area (Å²) in [6, 6.07) is 15.1. The van der Waals surface area contributed by atoms with Crippen LogP contribution in [0.5, 0.6) is 0 Å². The second-order valence-electron chi connectivity index (χ2n) is 6.01. The number of hydrogen-bond donors (Lipinski definition) is 1. The van der Waals surface area contributed by atoms with Crippen molar-refractivity contribution in [1.29, 1.82) is 5.26 Å². The van der Waals surface area contributed by atoms with Crippen LogP contribution in [0.25, 0.3) is 0 Å². The molecule has 3 nitrogen and oxygen atoms in total. The average Bonchev–Trinajstić information content (AvgIpc) is 3.12. The fourth-order valence-electron chi connectivity index (χ4n) is 2.57. The van der Waals surface area contributed by atoms with Gasteiger partial charge in [-0.15, -0.1) is 11.8 Å². The molecule has 1 N–H and O–H groups in total. The molecule has 1 atom stereocenters. The van der Waals surface area contributed by atoms with E-state index in [2.05, 4.69) is 11.4 Å². The number of nitriles is 1. The molecule has 1 heterocycles. The van der Waals surface area contributed by atoms with Crippen molar-refractivity contribution in [3.63, 3.8) is 0 Å². The van der Waals surface area contributed by atoms with Crippen molar-refractivity contribution in [3.8, 4) is 6.07 Å². The SMILES string of the molecule is N#CC1(NC(=O)c2ccc(CSc3cc(Cl)ccc3Cl)cc2)CCSC1. The molecule has 1 amide bonds. The first-order valence-corrected chi connectivity index (χ1v) is 10.9. The molecule has 134 valence electrons. The van der Waals surface area contributed by atoms with Crippen LogP contribution in [0.4, 0.5) is 0 Å². The molecule has 1 aliphatic rings. The van der Waals surface area contributed by atoms with Gasteiger partial charge in [0.05, 0.1) is 11.1 Å². The van der Waals surface area contributed by atoms with Crippen LogP contribution in [-0.2, 0) is 5.75 Å². The number of hydrogen-bond acceptors (Lipinski definition) is 4. The molecule has 0 aromatic heterocycles. The molecule has 0 spiro atoms. The molecular weight excluding hydrogens is 407 g/mol. The molecule has 26 heavy (non-hydrogen) atoms. The molecule has 1 aliphatic heterocycles. The lowest BCUT2D eigenvalue weighted by atomic mass is 10.0. The van der Waals surface area contributed by atoms with Crippen molar-refractivity contribution >= 4 is 52.6 Å². The summed E-state index contributed by atoms with van der Waals surface area (Å²) < 4.78 is 0. The van der Waals surface area contributed by atoms with Gasteiger partial charge in [-0.1, -0.05) is 35.3 Å². The highest BCUT2D eigenvalue weighted by atomic mass is 35.5. The van der Waals surface area contributed by atoms with Crippen LogP contribution in [0.2, 0.25) is 10.0 Å². The van der Waals surface area contributed by atoms with Crippen molar-refractivity contribution in [3.05, 3.63) is 63.6 Å². The number of nitrogens with zero attached hydrogens (tertiary/aromatic N) is 1. The van der Waals surface area contributed by atoms with E-state index in [1.807, 2.05) is 18.2 Å². The third kappa shape index (κ3) is 4.69. The molecule has 0 saturated carbocycles. The number of carbonyl (C=O) groups is 1. The van der Waals surface area contributed by atoms with Crippen LogP contribution >= 0.6 is 46.7 Å². The van der Waals surface area contributed by atoms with Crippen LogP contribution in [0, 0.1) is 11.3 Å². The van der Waals surface area contributed by atoms with Gasteiger partial charge in [-0.25, -0.2) is 0 Å². The van der Waals surface area contributed by atoms with Crippen molar-refractivity contribution in [2.75, 3.05) is 11.5 Å². The van der Waals surface area contributed by atoms with Crippen molar-refractivity contribution < 1.29 is 4.79 Å². The van der Waals surface area contributed by atoms with Crippen molar-refractivity contribution in [2.45, 2.75) is 22.6 Å². The van der Waals surface area contributed by atoms with E-state index in [9.17, 15) is 10.1 Å². The number of nitrogens with one attached hydrogen (secondary N) is 1. The number of rotatable bonds is 5. The summed E-state index contributed by atoms with van der Waals surface area (Å²) in [6.07, 6.45) is 0.690. The second-order valence-corrected chi connectivity index (χ2v) is 8.98. The summed E-state index contributed by atoms with van der Waals surface area (Å²) in [4.78, 5) is 13.4. The van der Waals surface area contributed by atoms with Crippen LogP contribution < -0.4 is 5.32 Å². The Labute approximate surface area is 171 Å². The normalized spacial score (nSPS) is 19.1. The van der Waals surface area contributed by atoms with Gasteiger partial charge < -0.3 is 5.32 Å². The molecule has 1 saturated heterocycles. The molecule has 0 radical (unpaired) electrons. The topological polar surface area (TPSA) is 52.9 Å². The average molecular weight is 423 g/mol. The maximum Gasteiger partial charge on any atom is 0.252 e. The van der Waals surface area contributed by atoms with Crippen molar-refractivity contribution in [1.82, 2.24) is 5.32 Å². The second kappa shape index (κ2) is 8.58. The van der Waals surface area contributed by atoms with E-state index >= 15 is 0 Å². The Kier molecular flexibility index (Phi) is 6.42. The fraction of sp³-hybridized carbons (Fsp3) is 0.263. The molecule has 2 aromatic rings. The van der Waals surface area contributed by atoms with E-state index < -0.39 is 5.54 Å². The van der Waals surface area contributed by atoms with Gasteiger partial charge in [-0.05, 0) is 48.1 Å². The zero-order chi connectivity index (χ0) is 18.6. The number of carbonyl (C=O) groups excluding carboxylic acids is 1. The minimum absolute atomic E-state index is 0.203. The summed E-state index contributed by atoms with van der Waals surface area (Å²) in [6.45, 7) is 0. The summed E-state index contributed by atoms with van der Waals surface area (Å²) in [5.41, 5.74) is 0.902. The standard InChI is InChI=1S/C19H16Cl2N2OS2/c20-15-5-6-16(21)17(9-15)26-10-13-1-3-14(4-2-13)18(24)23-19(11-22)7-8-25-12-19/h1-6,9H,7-8,10,12H2,(H,23,24). The summed E-state index contributed by atoms with van der Waals surface area (Å²) >= 11 is 15.5. The van der Waals surface area contributed by atoms with Gasteiger partial charge in [0.15, 0.2) is 0 Å². The smallest absolute Gasteiger partial charge is 0.252 e. The minimum Gasteiger partial charge on any atom is -0.333 e. The van der Waals surface area contributed by atoms with Crippen LogP contribution in [0.15, 0.2) is 47.4 Å². The first-order valence-electron chi connectivity index (χ1n) is 8.00. The highest BCUT2D eigenvalue weighted by Crippen LogP contribution is 2.32. The third-order valence-electron chi connectivity index (χ3n) is 4.09. The van der Waals surface area contributed by atoms with E-state index in [4.69, 9.17) is 23.2 Å². The summed E-state index contributed by atoms with van der Waals surface area (Å²) in [7, 11) is 0. The number of amides is 1. The first-order chi connectivity index (χ1) is 12.5. The maximum atomic E-state index is 12.4. The van der Waals surface area contributed by atoms with E-state index in [1.54, 1.807) is 47.8 Å². The van der Waals surface area contributed by atoms with Crippen molar-refractivity contribution in [2.24, 2.45) is 0 Å². The van der Waals surface area contributed by atoms with Crippen LogP contribution in [0.3, 0.4) is 0 Å². The van der Waals surface area contributed by atoms with E-state index in [0.29, 0.717) is 27.8 Å². The maximum absolute atomic E-state index is 12.4. The Morgan fingerprint density at radius 1 is 1.27 bits per heavy atom. The monoisotopic (exact) mass is 422 g/mol. The Morgan fingerprint density at radius 3 is 2.69 bits per heavy atom. The Balaban J connectivity index is 1.62. The zero-order valence-electron chi connectivity index (χ0n) is 13.8. The van der Waals surface area contributed by atoms with E-state index in [1.165, 1.54) is 0 Å². The van der Waals surface area contributed by atoms with Gasteiger partial charge >= 0.3 is 0 Å². The molecule has 7 heteroatoms. The van der Waals surface area contributed by atoms with Gasteiger partial charge in [0.1, 0.15) is 5.54 Å². The molecule has 2 aromatic carbocycles. The number of thioether (sulfide) groups is 2. The number of halogens is 2. The lowest BCUT2D eigenvalue weighted by molar-refractivity contribution is 0.0926. The van der Waals surface area contributed by atoms with E-state index in [0.717, 1.165) is 22.0 Å². The molecule has 3 rings (SSSR count). The highest BCUT2D eigenvalue weighted by molar-refractivity contribution is 7.99. The predicted molar refractivity (Wildman–Crippen MR) is 110 cm³/mol. The third-order valence-corrected chi connectivity index (χ3v) is 7.09. The minimum atomic E-state index is -0.737. The largest absolute Gasteiger partial charge is 0.333 e. The first kappa shape index (κ1) is 19.4. The molecule has 0 aliphatic carbocycles. The summed E-state index contributed by atoms with van der Waals surface area (Å²) in [5, 5.41) is 13.6. The number of benzene rings is 2. The van der Waals surface area contributed by atoms with Gasteiger partial charge in [0.2, 0.25) is 0 Å². The highest BCUT2D eigenvalue weighted by Gasteiger charge is 2.36. The van der Waals surface area contributed by atoms with E-state index in [-0.39, 0.29) is 5.91 Å². The fourth-order valence-corrected chi connectivity index (χ4v) is 5.29. The molecular formula is C19H16Cl2N2OS2. The molecule has 1 unspecified atom stereocenters. The van der Waals surface area contributed by atoms with Crippen LogP contribution in [0.1, 0.15) is 22.3 Å². The molecule has 0 bridgehead atoms. The van der Waals surface area contributed by atoms with Gasteiger partial charge in [0.25, 0.3) is 5.91 Å². The Hall–Kier alpha value is -1.32. The predicted octanol–water partition coefficient (Wildman–Crippen LogP) is 5.41. The summed E-state index contributed by atoms with van der Waals surface area (Å²) in [5.74, 6) is 2.06. The zero-order valence-corrected chi connectivity index (χ0v) is 16.9. The van der Waals surface area contributed by atoms with Gasteiger partial charge in [-0.3, -0.25) is 4.79 Å². The quantitative estimate of drug-likeness (QED) is 0.653. The Morgan fingerprint density at radius 2 is 2.04 bits per heavy atom. The Bertz CT molecular complexity index is 844. The van der Waals surface area contributed by atoms with Gasteiger partial charge in [-0.2, -0.15) is 17.0 Å². The van der Waals surface area contributed by atoms with Crippen LogP contribution in [-0.4, -0.2) is 23.0 Å².